The first kappa shape index (κ1) is 18.7. The maximum atomic E-state index is 12.6. The second kappa shape index (κ2) is 9.65. The molecule has 2 fully saturated rings. The third kappa shape index (κ3) is 5.42. The Kier molecular flexibility index (Phi) is 8.60. The summed E-state index contributed by atoms with van der Waals surface area (Å²) in [7, 11) is 0. The van der Waals surface area contributed by atoms with Crippen molar-refractivity contribution in [2.24, 2.45) is 11.7 Å². The van der Waals surface area contributed by atoms with Crippen molar-refractivity contribution in [1.29, 1.82) is 0 Å². The second-order valence-electron chi connectivity index (χ2n) is 6.43. The second-order valence-corrected chi connectivity index (χ2v) is 6.43. The number of hydrogen-bond donors (Lipinski definition) is 1. The summed E-state index contributed by atoms with van der Waals surface area (Å²) in [5.74, 6) is 1.01. The average molecular weight is 318 g/mol. The van der Waals surface area contributed by atoms with E-state index in [1.54, 1.807) is 0 Å². The van der Waals surface area contributed by atoms with Gasteiger partial charge in [-0.25, -0.2) is 0 Å². The molecule has 124 valence electrons. The number of nitrogens with two attached hydrogens (primary N) is 1. The van der Waals surface area contributed by atoms with Crippen LogP contribution < -0.4 is 5.73 Å². The Hall–Kier alpha value is -0.320. The van der Waals surface area contributed by atoms with Crippen molar-refractivity contribution in [2.75, 3.05) is 32.7 Å². The molecule has 0 atom stereocenters. The zero-order valence-corrected chi connectivity index (χ0v) is 14.2. The number of carbonyl (C=O) groups is 1. The number of rotatable bonds is 5. The lowest BCUT2D eigenvalue weighted by molar-refractivity contribution is -0.135. The van der Waals surface area contributed by atoms with Crippen molar-refractivity contribution in [3.8, 4) is 0 Å². The summed E-state index contributed by atoms with van der Waals surface area (Å²) in [6, 6.07) is 0.503. The van der Waals surface area contributed by atoms with E-state index in [1.165, 1.54) is 32.1 Å². The molecule has 1 aliphatic heterocycles. The van der Waals surface area contributed by atoms with Crippen molar-refractivity contribution < 1.29 is 4.79 Å². The molecule has 0 aromatic heterocycles. The van der Waals surface area contributed by atoms with Gasteiger partial charge in [-0.3, -0.25) is 9.69 Å². The maximum Gasteiger partial charge on any atom is 0.236 e. The van der Waals surface area contributed by atoms with Crippen LogP contribution in [0.4, 0.5) is 0 Å². The zero-order chi connectivity index (χ0) is 14.4. The van der Waals surface area contributed by atoms with Crippen molar-refractivity contribution in [1.82, 2.24) is 9.80 Å². The fourth-order valence-corrected chi connectivity index (χ4v) is 3.69. The lowest BCUT2D eigenvalue weighted by atomic mass is 9.94. The number of nitrogens with zero attached hydrogens (tertiary/aromatic N) is 2. The van der Waals surface area contributed by atoms with Crippen LogP contribution in [0.15, 0.2) is 0 Å². The zero-order valence-electron chi connectivity index (χ0n) is 13.4. The SMILES string of the molecule is CCN(C(=O)CN1CCC(CN)CC1)C1CCCCC1.Cl. The number of likely N-dealkylation sites (N-methyl/N-ethyl adjacent to an activating group) is 1. The normalized spacial score (nSPS) is 21.8. The van der Waals surface area contributed by atoms with Crippen LogP contribution in [-0.2, 0) is 4.79 Å². The predicted molar refractivity (Wildman–Crippen MR) is 89.7 cm³/mol. The molecule has 0 aromatic carbocycles. The van der Waals surface area contributed by atoms with E-state index in [2.05, 4.69) is 16.7 Å². The highest BCUT2D eigenvalue weighted by atomic mass is 35.5. The van der Waals surface area contributed by atoms with Gasteiger partial charge in [0.25, 0.3) is 0 Å². The molecule has 1 heterocycles. The maximum absolute atomic E-state index is 12.6. The predicted octanol–water partition coefficient (Wildman–Crippen LogP) is 2.26. The first-order chi connectivity index (χ1) is 9.74. The van der Waals surface area contributed by atoms with Gasteiger partial charge >= 0.3 is 0 Å². The third-order valence-corrected chi connectivity index (χ3v) is 5.08. The molecular formula is C16H32ClN3O. The van der Waals surface area contributed by atoms with Crippen molar-refractivity contribution in [3.63, 3.8) is 0 Å². The van der Waals surface area contributed by atoms with E-state index in [1.807, 2.05) is 0 Å². The summed E-state index contributed by atoms with van der Waals surface area (Å²) in [4.78, 5) is 17.0. The van der Waals surface area contributed by atoms with Crippen molar-refractivity contribution >= 4 is 18.3 Å². The first-order valence-corrected chi connectivity index (χ1v) is 8.46. The highest BCUT2D eigenvalue weighted by Gasteiger charge is 2.26. The van der Waals surface area contributed by atoms with E-state index < -0.39 is 0 Å². The molecule has 1 amide bonds. The van der Waals surface area contributed by atoms with Gasteiger partial charge in [0.15, 0.2) is 0 Å². The van der Waals surface area contributed by atoms with Crippen molar-refractivity contribution in [2.45, 2.75) is 57.9 Å². The first-order valence-electron chi connectivity index (χ1n) is 8.46. The highest BCUT2D eigenvalue weighted by molar-refractivity contribution is 5.85. The highest BCUT2D eigenvalue weighted by Crippen LogP contribution is 2.23. The lowest BCUT2D eigenvalue weighted by Crippen LogP contribution is -2.48. The summed E-state index contributed by atoms with van der Waals surface area (Å²) >= 11 is 0. The van der Waals surface area contributed by atoms with Crippen LogP contribution in [0.25, 0.3) is 0 Å². The summed E-state index contributed by atoms with van der Waals surface area (Å²) in [5, 5.41) is 0. The van der Waals surface area contributed by atoms with Crippen LogP contribution in [-0.4, -0.2) is 54.5 Å². The van der Waals surface area contributed by atoms with Gasteiger partial charge in [-0.2, -0.15) is 0 Å². The van der Waals surface area contributed by atoms with Gasteiger partial charge in [0, 0.05) is 12.6 Å². The number of amides is 1. The van der Waals surface area contributed by atoms with E-state index in [-0.39, 0.29) is 12.4 Å². The fraction of sp³-hybridized carbons (Fsp3) is 0.938. The number of carbonyl (C=O) groups excluding carboxylic acids is 1. The Balaban J connectivity index is 0.00000220. The summed E-state index contributed by atoms with van der Waals surface area (Å²) < 4.78 is 0. The molecule has 0 aromatic rings. The van der Waals surface area contributed by atoms with Crippen molar-refractivity contribution in [3.05, 3.63) is 0 Å². The minimum atomic E-state index is 0. The van der Waals surface area contributed by atoms with Crippen LogP contribution in [0.3, 0.4) is 0 Å². The monoisotopic (exact) mass is 317 g/mol. The molecule has 1 saturated heterocycles. The summed E-state index contributed by atoms with van der Waals surface area (Å²) in [6.07, 6.45) is 8.63. The van der Waals surface area contributed by atoms with Gasteiger partial charge in [-0.05, 0) is 58.2 Å². The van der Waals surface area contributed by atoms with Gasteiger partial charge in [-0.1, -0.05) is 19.3 Å². The van der Waals surface area contributed by atoms with Crippen LogP contribution in [0.2, 0.25) is 0 Å². The van der Waals surface area contributed by atoms with E-state index >= 15 is 0 Å². The molecule has 2 aliphatic rings. The molecule has 2 rings (SSSR count). The molecule has 4 nitrogen and oxygen atoms in total. The molecule has 1 saturated carbocycles. The smallest absolute Gasteiger partial charge is 0.236 e. The van der Waals surface area contributed by atoms with Gasteiger partial charge < -0.3 is 10.6 Å². The Labute approximate surface area is 135 Å². The van der Waals surface area contributed by atoms with Gasteiger partial charge in [0.1, 0.15) is 0 Å². The Morgan fingerprint density at radius 2 is 1.76 bits per heavy atom. The fourth-order valence-electron chi connectivity index (χ4n) is 3.69. The lowest BCUT2D eigenvalue weighted by Gasteiger charge is -2.36. The minimum absolute atomic E-state index is 0. The molecular weight excluding hydrogens is 286 g/mol. The molecule has 0 unspecified atom stereocenters. The average Bonchev–Trinajstić information content (AvgIpc) is 2.50. The largest absolute Gasteiger partial charge is 0.339 e. The van der Waals surface area contributed by atoms with Crippen LogP contribution in [0.1, 0.15) is 51.9 Å². The molecule has 2 N–H and O–H groups in total. The molecule has 0 spiro atoms. The number of hydrogen-bond acceptors (Lipinski definition) is 3. The quantitative estimate of drug-likeness (QED) is 0.846. The number of halogens is 1. The summed E-state index contributed by atoms with van der Waals surface area (Å²) in [5.41, 5.74) is 5.72. The number of likely N-dealkylation sites (tertiary alicyclic amines) is 1. The molecule has 0 radical (unpaired) electrons. The van der Waals surface area contributed by atoms with Crippen LogP contribution in [0, 0.1) is 5.92 Å². The van der Waals surface area contributed by atoms with E-state index in [9.17, 15) is 4.79 Å². The summed E-state index contributed by atoms with van der Waals surface area (Å²) in [6.45, 7) is 6.47. The molecule has 5 heteroatoms. The van der Waals surface area contributed by atoms with E-state index in [0.29, 0.717) is 24.4 Å². The molecule has 21 heavy (non-hydrogen) atoms. The Morgan fingerprint density at radius 1 is 1.14 bits per heavy atom. The van der Waals surface area contributed by atoms with Crippen LogP contribution >= 0.6 is 12.4 Å². The molecule has 0 bridgehead atoms. The van der Waals surface area contributed by atoms with Gasteiger partial charge in [0.05, 0.1) is 6.54 Å². The Morgan fingerprint density at radius 3 is 2.29 bits per heavy atom. The van der Waals surface area contributed by atoms with E-state index in [4.69, 9.17) is 5.73 Å². The topological polar surface area (TPSA) is 49.6 Å². The third-order valence-electron chi connectivity index (χ3n) is 5.08. The van der Waals surface area contributed by atoms with Gasteiger partial charge in [0.2, 0.25) is 5.91 Å². The molecule has 1 aliphatic carbocycles. The van der Waals surface area contributed by atoms with E-state index in [0.717, 1.165) is 39.0 Å². The van der Waals surface area contributed by atoms with Gasteiger partial charge in [-0.15, -0.1) is 12.4 Å². The minimum Gasteiger partial charge on any atom is -0.339 e. The Bertz CT molecular complexity index is 300. The van der Waals surface area contributed by atoms with Crippen LogP contribution in [0.5, 0.6) is 0 Å². The number of piperidine rings is 1. The standard InChI is InChI=1S/C16H31N3O.ClH/c1-2-19(15-6-4-3-5-7-15)16(20)13-18-10-8-14(12-17)9-11-18;/h14-15H,2-13,17H2,1H3;1H.